The minimum atomic E-state index is -0.104. The molecule has 0 spiro atoms. The number of urea groups is 1. The Bertz CT molecular complexity index is 156. The molecule has 64 valence electrons. The van der Waals surface area contributed by atoms with E-state index in [4.69, 9.17) is 0 Å². The van der Waals surface area contributed by atoms with E-state index >= 15 is 0 Å². The average Bonchev–Trinajstić information content (AvgIpc) is 1.50. The fourth-order valence-electron chi connectivity index (χ4n) is 0.919. The van der Waals surface area contributed by atoms with Gasteiger partial charge in [-0.25, -0.2) is 4.79 Å². The zero-order valence-corrected chi connectivity index (χ0v) is 7.48. The molecular weight excluding hydrogens is 140 g/mol. The first-order chi connectivity index (χ1) is 4.99. The molecule has 1 aliphatic rings. The van der Waals surface area contributed by atoms with Crippen LogP contribution in [0, 0.1) is 0 Å². The van der Waals surface area contributed by atoms with Crippen LogP contribution in [-0.4, -0.2) is 29.6 Å². The Morgan fingerprint density at radius 3 is 2.18 bits per heavy atom. The first kappa shape index (κ1) is 8.37. The molecule has 0 aliphatic carbocycles. The van der Waals surface area contributed by atoms with Crippen LogP contribution in [0.4, 0.5) is 4.79 Å². The van der Waals surface area contributed by atoms with Crippen LogP contribution < -0.4 is 5.32 Å². The van der Waals surface area contributed by atoms with Crippen molar-refractivity contribution in [3.63, 3.8) is 0 Å². The van der Waals surface area contributed by atoms with Gasteiger partial charge in [0.05, 0.1) is 0 Å². The number of rotatable bonds is 0. The fourth-order valence-corrected chi connectivity index (χ4v) is 0.919. The summed E-state index contributed by atoms with van der Waals surface area (Å²) in [5.41, 5.74) is -0.104. The minimum Gasteiger partial charge on any atom is -0.333 e. The van der Waals surface area contributed by atoms with Gasteiger partial charge in [0.1, 0.15) is 0 Å². The lowest BCUT2D eigenvalue weighted by Gasteiger charge is -2.34. The van der Waals surface area contributed by atoms with Gasteiger partial charge in [-0.2, -0.15) is 0 Å². The summed E-state index contributed by atoms with van der Waals surface area (Å²) in [6.07, 6.45) is 1.15. The summed E-state index contributed by atoms with van der Waals surface area (Å²) in [7, 11) is 0. The molecule has 1 aliphatic heterocycles. The van der Waals surface area contributed by atoms with Gasteiger partial charge >= 0.3 is 6.03 Å². The molecule has 0 unspecified atom stereocenters. The van der Waals surface area contributed by atoms with Crippen molar-refractivity contribution in [2.45, 2.75) is 32.7 Å². The van der Waals surface area contributed by atoms with Crippen molar-refractivity contribution in [1.82, 2.24) is 10.2 Å². The molecule has 0 aromatic rings. The van der Waals surface area contributed by atoms with E-state index in [2.05, 4.69) is 5.32 Å². The molecule has 0 radical (unpaired) electrons. The molecule has 2 amide bonds. The van der Waals surface area contributed by atoms with E-state index < -0.39 is 0 Å². The van der Waals surface area contributed by atoms with Gasteiger partial charge in [0.25, 0.3) is 0 Å². The summed E-state index contributed by atoms with van der Waals surface area (Å²) >= 11 is 0. The highest BCUT2D eigenvalue weighted by Crippen LogP contribution is 2.08. The standard InChI is InChI=1S/C8H16N2O/c1-8(2,3)9-7(11)10-5-4-6-10/h4-6H2,1-3H3,(H,9,11). The maximum atomic E-state index is 11.3. The lowest BCUT2D eigenvalue weighted by atomic mass is 10.1. The molecule has 1 saturated heterocycles. The van der Waals surface area contributed by atoms with Crippen molar-refractivity contribution in [3.8, 4) is 0 Å². The molecule has 1 heterocycles. The van der Waals surface area contributed by atoms with Crippen molar-refractivity contribution in [2.75, 3.05) is 13.1 Å². The summed E-state index contributed by atoms with van der Waals surface area (Å²) < 4.78 is 0. The highest BCUT2D eigenvalue weighted by molar-refractivity contribution is 5.75. The second kappa shape index (κ2) is 2.72. The van der Waals surface area contributed by atoms with Gasteiger partial charge in [-0.15, -0.1) is 0 Å². The Morgan fingerprint density at radius 2 is 1.91 bits per heavy atom. The monoisotopic (exact) mass is 156 g/mol. The maximum Gasteiger partial charge on any atom is 0.317 e. The van der Waals surface area contributed by atoms with Gasteiger partial charge < -0.3 is 10.2 Å². The van der Waals surface area contributed by atoms with Crippen LogP contribution >= 0.6 is 0 Å². The van der Waals surface area contributed by atoms with Crippen molar-refractivity contribution in [1.29, 1.82) is 0 Å². The van der Waals surface area contributed by atoms with E-state index in [1.807, 2.05) is 25.7 Å². The molecule has 3 nitrogen and oxygen atoms in total. The number of nitrogens with zero attached hydrogens (tertiary/aromatic N) is 1. The molecule has 0 aromatic carbocycles. The van der Waals surface area contributed by atoms with Crippen LogP contribution in [-0.2, 0) is 0 Å². The third kappa shape index (κ3) is 2.41. The molecule has 0 aromatic heterocycles. The number of hydrogen-bond acceptors (Lipinski definition) is 1. The predicted molar refractivity (Wildman–Crippen MR) is 44.5 cm³/mol. The third-order valence-electron chi connectivity index (χ3n) is 1.63. The number of carbonyl (C=O) groups excluding carboxylic acids is 1. The predicted octanol–water partition coefficient (Wildman–Crippen LogP) is 1.20. The zero-order chi connectivity index (χ0) is 8.48. The Balaban J connectivity index is 2.31. The van der Waals surface area contributed by atoms with E-state index in [1.165, 1.54) is 0 Å². The van der Waals surface area contributed by atoms with Crippen molar-refractivity contribution in [2.24, 2.45) is 0 Å². The van der Waals surface area contributed by atoms with Crippen LogP contribution in [0.1, 0.15) is 27.2 Å². The van der Waals surface area contributed by atoms with Gasteiger partial charge in [-0.05, 0) is 27.2 Å². The first-order valence-electron chi connectivity index (χ1n) is 4.06. The molecule has 3 heteroatoms. The van der Waals surface area contributed by atoms with Crippen LogP contribution in [0.25, 0.3) is 0 Å². The zero-order valence-electron chi connectivity index (χ0n) is 7.48. The SMILES string of the molecule is CC(C)(C)NC(=O)N1CCC1. The number of nitrogens with one attached hydrogen (secondary N) is 1. The Hall–Kier alpha value is -0.730. The molecular formula is C8H16N2O. The Morgan fingerprint density at radius 1 is 1.36 bits per heavy atom. The number of likely N-dealkylation sites (tertiary alicyclic amines) is 1. The van der Waals surface area contributed by atoms with Crippen LogP contribution in [0.2, 0.25) is 0 Å². The maximum absolute atomic E-state index is 11.3. The highest BCUT2D eigenvalue weighted by Gasteiger charge is 2.23. The molecule has 1 fully saturated rings. The van der Waals surface area contributed by atoms with Crippen molar-refractivity contribution < 1.29 is 4.79 Å². The number of carbonyl (C=O) groups is 1. The highest BCUT2D eigenvalue weighted by atomic mass is 16.2. The Labute approximate surface area is 67.8 Å². The fraction of sp³-hybridized carbons (Fsp3) is 0.875. The lowest BCUT2D eigenvalue weighted by molar-refractivity contribution is 0.159. The van der Waals surface area contributed by atoms with Gasteiger partial charge in [-0.1, -0.05) is 0 Å². The summed E-state index contributed by atoms with van der Waals surface area (Å²) in [4.78, 5) is 13.1. The quantitative estimate of drug-likeness (QED) is 0.561. The summed E-state index contributed by atoms with van der Waals surface area (Å²) in [6, 6.07) is 0.0729. The topological polar surface area (TPSA) is 32.3 Å². The summed E-state index contributed by atoms with van der Waals surface area (Å²) in [5, 5.41) is 2.91. The van der Waals surface area contributed by atoms with E-state index in [1.54, 1.807) is 0 Å². The van der Waals surface area contributed by atoms with Gasteiger partial charge in [0.2, 0.25) is 0 Å². The van der Waals surface area contributed by atoms with E-state index in [0.717, 1.165) is 19.5 Å². The smallest absolute Gasteiger partial charge is 0.317 e. The third-order valence-corrected chi connectivity index (χ3v) is 1.63. The lowest BCUT2D eigenvalue weighted by Crippen LogP contribution is -2.53. The van der Waals surface area contributed by atoms with E-state index in [0.29, 0.717) is 0 Å². The van der Waals surface area contributed by atoms with Crippen LogP contribution in [0.15, 0.2) is 0 Å². The average molecular weight is 156 g/mol. The molecule has 11 heavy (non-hydrogen) atoms. The second-order valence-electron chi connectivity index (χ2n) is 4.02. The minimum absolute atomic E-state index is 0.0729. The molecule has 0 atom stereocenters. The normalized spacial score (nSPS) is 17.5. The summed E-state index contributed by atoms with van der Waals surface area (Å²) in [5.74, 6) is 0. The van der Waals surface area contributed by atoms with Gasteiger partial charge in [-0.3, -0.25) is 0 Å². The number of hydrogen-bond donors (Lipinski definition) is 1. The van der Waals surface area contributed by atoms with Crippen LogP contribution in [0.3, 0.4) is 0 Å². The van der Waals surface area contributed by atoms with Gasteiger partial charge in [0.15, 0.2) is 0 Å². The second-order valence-corrected chi connectivity index (χ2v) is 4.02. The molecule has 1 N–H and O–H groups in total. The van der Waals surface area contributed by atoms with E-state index in [9.17, 15) is 4.79 Å². The van der Waals surface area contributed by atoms with Gasteiger partial charge in [0, 0.05) is 18.6 Å². The largest absolute Gasteiger partial charge is 0.333 e. The molecule has 1 rings (SSSR count). The van der Waals surface area contributed by atoms with Crippen molar-refractivity contribution >= 4 is 6.03 Å². The van der Waals surface area contributed by atoms with E-state index in [-0.39, 0.29) is 11.6 Å². The molecule has 0 bridgehead atoms. The molecule has 0 saturated carbocycles. The van der Waals surface area contributed by atoms with Crippen molar-refractivity contribution in [3.05, 3.63) is 0 Å². The van der Waals surface area contributed by atoms with Crippen LogP contribution in [0.5, 0.6) is 0 Å². The Kier molecular flexibility index (Phi) is 2.07. The first-order valence-corrected chi connectivity index (χ1v) is 4.06. The number of amides is 2. The summed E-state index contributed by atoms with van der Waals surface area (Å²) in [6.45, 7) is 7.81.